The van der Waals surface area contributed by atoms with Gasteiger partial charge in [0, 0.05) is 34.6 Å². The van der Waals surface area contributed by atoms with E-state index in [-0.39, 0.29) is 5.78 Å². The van der Waals surface area contributed by atoms with Crippen LogP contribution in [0.3, 0.4) is 0 Å². The molecular weight excluding hydrogens is 236 g/mol. The molecule has 0 bridgehead atoms. The van der Waals surface area contributed by atoms with Crippen LogP contribution in [0.15, 0.2) is 60.9 Å². The topological polar surface area (TPSA) is 56.0 Å². The Morgan fingerprint density at radius 3 is 2.58 bits per heavy atom. The van der Waals surface area contributed by atoms with Crippen molar-refractivity contribution in [3.8, 4) is 0 Å². The number of ketones is 1. The molecule has 0 unspecified atom stereocenters. The molecule has 0 saturated carbocycles. The molecule has 19 heavy (non-hydrogen) atoms. The molecule has 1 aromatic heterocycles. The summed E-state index contributed by atoms with van der Waals surface area (Å²) in [5, 5.41) is 1.88. The van der Waals surface area contributed by atoms with E-state index in [0.717, 1.165) is 10.8 Å². The first-order valence-electron chi connectivity index (χ1n) is 5.99. The van der Waals surface area contributed by atoms with Crippen molar-refractivity contribution < 1.29 is 4.79 Å². The Balaban J connectivity index is 2.14. The lowest BCUT2D eigenvalue weighted by Gasteiger charge is -2.05. The Kier molecular flexibility index (Phi) is 2.72. The van der Waals surface area contributed by atoms with Crippen molar-refractivity contribution in [3.05, 3.63) is 72.1 Å². The van der Waals surface area contributed by atoms with Crippen molar-refractivity contribution in [3.63, 3.8) is 0 Å². The second-order valence-corrected chi connectivity index (χ2v) is 4.35. The van der Waals surface area contributed by atoms with Crippen LogP contribution in [-0.2, 0) is 0 Å². The summed E-state index contributed by atoms with van der Waals surface area (Å²) in [5.41, 5.74) is 7.58. The lowest BCUT2D eigenvalue weighted by molar-refractivity contribution is 0.104. The van der Waals surface area contributed by atoms with Gasteiger partial charge in [0.15, 0.2) is 5.78 Å². The first-order valence-corrected chi connectivity index (χ1v) is 5.99. The van der Waals surface area contributed by atoms with E-state index in [1.165, 1.54) is 0 Å². The van der Waals surface area contributed by atoms with E-state index >= 15 is 0 Å². The van der Waals surface area contributed by atoms with Crippen LogP contribution in [0.5, 0.6) is 0 Å². The third kappa shape index (κ3) is 2.06. The third-order valence-corrected chi connectivity index (χ3v) is 3.10. The number of hydrogen-bond donors (Lipinski definition) is 1. The van der Waals surface area contributed by atoms with Crippen LogP contribution in [0.4, 0.5) is 5.69 Å². The zero-order valence-electron chi connectivity index (χ0n) is 10.2. The zero-order valence-corrected chi connectivity index (χ0v) is 10.2. The highest BCUT2D eigenvalue weighted by Crippen LogP contribution is 2.20. The van der Waals surface area contributed by atoms with Crippen LogP contribution in [-0.4, -0.2) is 10.8 Å². The molecule has 0 amide bonds. The Morgan fingerprint density at radius 2 is 1.79 bits per heavy atom. The summed E-state index contributed by atoms with van der Waals surface area (Å²) in [6, 6.07) is 14.5. The fourth-order valence-electron chi connectivity index (χ4n) is 2.10. The third-order valence-electron chi connectivity index (χ3n) is 3.10. The molecular formula is C16H12N2O. The Hall–Kier alpha value is -2.68. The minimum absolute atomic E-state index is 0.0152. The summed E-state index contributed by atoms with van der Waals surface area (Å²) in [6.45, 7) is 0. The standard InChI is InChI=1S/C16H12N2O/c17-13-6-4-12(5-7-13)16(19)14-3-1-2-11-8-9-18-10-15(11)14/h1-10H,17H2. The van der Waals surface area contributed by atoms with Gasteiger partial charge in [-0.15, -0.1) is 0 Å². The minimum atomic E-state index is -0.0152. The van der Waals surface area contributed by atoms with Crippen LogP contribution in [0.25, 0.3) is 10.8 Å². The van der Waals surface area contributed by atoms with Gasteiger partial charge >= 0.3 is 0 Å². The van der Waals surface area contributed by atoms with Crippen molar-refractivity contribution in [2.45, 2.75) is 0 Å². The van der Waals surface area contributed by atoms with E-state index in [4.69, 9.17) is 5.73 Å². The maximum absolute atomic E-state index is 12.5. The number of rotatable bonds is 2. The van der Waals surface area contributed by atoms with Crippen LogP contribution < -0.4 is 5.73 Å². The summed E-state index contributed by atoms with van der Waals surface area (Å²) >= 11 is 0. The second-order valence-electron chi connectivity index (χ2n) is 4.35. The number of nitrogens with zero attached hydrogens (tertiary/aromatic N) is 1. The number of carbonyl (C=O) groups excluding carboxylic acids is 1. The van der Waals surface area contributed by atoms with Gasteiger partial charge in [0.2, 0.25) is 0 Å². The minimum Gasteiger partial charge on any atom is -0.399 e. The number of anilines is 1. The van der Waals surface area contributed by atoms with E-state index in [2.05, 4.69) is 4.98 Å². The van der Waals surface area contributed by atoms with Gasteiger partial charge < -0.3 is 5.73 Å². The quantitative estimate of drug-likeness (QED) is 0.560. The molecule has 0 fully saturated rings. The number of hydrogen-bond acceptors (Lipinski definition) is 3. The number of pyridine rings is 1. The van der Waals surface area contributed by atoms with Crippen LogP contribution in [0.1, 0.15) is 15.9 Å². The van der Waals surface area contributed by atoms with Crippen molar-refractivity contribution in [2.75, 3.05) is 5.73 Å². The largest absolute Gasteiger partial charge is 0.399 e. The highest BCUT2D eigenvalue weighted by molar-refractivity contribution is 6.16. The monoisotopic (exact) mass is 248 g/mol. The molecule has 0 spiro atoms. The molecule has 3 heteroatoms. The smallest absolute Gasteiger partial charge is 0.193 e. The molecule has 2 aromatic carbocycles. The average Bonchev–Trinajstić information content (AvgIpc) is 2.47. The molecule has 0 aliphatic rings. The van der Waals surface area contributed by atoms with E-state index in [1.807, 2.05) is 24.3 Å². The van der Waals surface area contributed by atoms with Crippen LogP contribution in [0.2, 0.25) is 0 Å². The Morgan fingerprint density at radius 1 is 1.00 bits per heavy atom. The number of benzene rings is 2. The fraction of sp³-hybridized carbons (Fsp3) is 0. The van der Waals surface area contributed by atoms with E-state index < -0.39 is 0 Å². The van der Waals surface area contributed by atoms with Crippen molar-refractivity contribution in [1.29, 1.82) is 0 Å². The lowest BCUT2D eigenvalue weighted by Crippen LogP contribution is -2.02. The molecule has 0 saturated heterocycles. The number of nitrogens with two attached hydrogens (primary N) is 1. The molecule has 0 aliphatic carbocycles. The van der Waals surface area contributed by atoms with Crippen LogP contribution in [0, 0.1) is 0 Å². The van der Waals surface area contributed by atoms with Gasteiger partial charge in [-0.25, -0.2) is 0 Å². The molecule has 0 aliphatic heterocycles. The molecule has 1 heterocycles. The predicted octanol–water partition coefficient (Wildman–Crippen LogP) is 3.05. The highest BCUT2D eigenvalue weighted by Gasteiger charge is 2.12. The van der Waals surface area contributed by atoms with Gasteiger partial charge in [0.05, 0.1) is 0 Å². The first kappa shape index (κ1) is 11.4. The van der Waals surface area contributed by atoms with Crippen molar-refractivity contribution in [2.24, 2.45) is 0 Å². The number of fused-ring (bicyclic) bond motifs is 1. The SMILES string of the molecule is Nc1ccc(C(=O)c2cccc3ccncc23)cc1. The number of nitrogen functional groups attached to an aromatic ring is 1. The average molecular weight is 248 g/mol. The van der Waals surface area contributed by atoms with Gasteiger partial charge in [0.1, 0.15) is 0 Å². The molecule has 3 rings (SSSR count). The Labute approximate surface area is 110 Å². The van der Waals surface area contributed by atoms with Gasteiger partial charge in [-0.3, -0.25) is 9.78 Å². The molecule has 3 aromatic rings. The summed E-state index contributed by atoms with van der Waals surface area (Å²) in [7, 11) is 0. The maximum Gasteiger partial charge on any atom is 0.193 e. The number of carbonyl (C=O) groups is 1. The molecule has 0 atom stereocenters. The second kappa shape index (κ2) is 4.53. The highest BCUT2D eigenvalue weighted by atomic mass is 16.1. The predicted molar refractivity (Wildman–Crippen MR) is 76.0 cm³/mol. The van der Waals surface area contributed by atoms with Gasteiger partial charge in [-0.2, -0.15) is 0 Å². The zero-order chi connectivity index (χ0) is 13.2. The molecule has 2 N–H and O–H groups in total. The van der Waals surface area contributed by atoms with E-state index in [9.17, 15) is 4.79 Å². The Bertz CT molecular complexity index is 743. The van der Waals surface area contributed by atoms with E-state index in [0.29, 0.717) is 16.8 Å². The number of aromatic nitrogens is 1. The molecule has 3 nitrogen and oxygen atoms in total. The van der Waals surface area contributed by atoms with Crippen molar-refractivity contribution in [1.82, 2.24) is 4.98 Å². The molecule has 0 radical (unpaired) electrons. The normalized spacial score (nSPS) is 10.5. The summed E-state index contributed by atoms with van der Waals surface area (Å²) in [5.74, 6) is -0.0152. The fourth-order valence-corrected chi connectivity index (χ4v) is 2.10. The first-order chi connectivity index (χ1) is 9.25. The van der Waals surface area contributed by atoms with Gasteiger partial charge in [-0.05, 0) is 35.7 Å². The van der Waals surface area contributed by atoms with Crippen molar-refractivity contribution >= 4 is 22.2 Å². The summed E-state index contributed by atoms with van der Waals surface area (Å²) in [4.78, 5) is 16.6. The maximum atomic E-state index is 12.5. The van der Waals surface area contributed by atoms with E-state index in [1.54, 1.807) is 36.7 Å². The summed E-state index contributed by atoms with van der Waals surface area (Å²) < 4.78 is 0. The molecule has 92 valence electrons. The summed E-state index contributed by atoms with van der Waals surface area (Å²) in [6.07, 6.45) is 3.44. The van der Waals surface area contributed by atoms with Gasteiger partial charge in [0.25, 0.3) is 0 Å². The lowest BCUT2D eigenvalue weighted by atomic mass is 9.98. The van der Waals surface area contributed by atoms with Gasteiger partial charge in [-0.1, -0.05) is 18.2 Å². The van der Waals surface area contributed by atoms with Crippen LogP contribution >= 0.6 is 0 Å².